The van der Waals surface area contributed by atoms with Gasteiger partial charge < -0.3 is 4.90 Å². The van der Waals surface area contributed by atoms with E-state index in [0.717, 1.165) is 19.2 Å². The van der Waals surface area contributed by atoms with Gasteiger partial charge in [0.15, 0.2) is 0 Å². The summed E-state index contributed by atoms with van der Waals surface area (Å²) in [7, 11) is 3.80. The molecule has 0 unspecified atom stereocenters. The van der Waals surface area contributed by atoms with Gasteiger partial charge in [0.05, 0.1) is 10.6 Å². The first-order valence-corrected chi connectivity index (χ1v) is 5.93. The molecule has 1 aliphatic rings. The molecule has 1 heterocycles. The van der Waals surface area contributed by atoms with Gasteiger partial charge in [-0.15, -0.1) is 0 Å². The van der Waals surface area contributed by atoms with Gasteiger partial charge >= 0.3 is 6.18 Å². The summed E-state index contributed by atoms with van der Waals surface area (Å²) < 4.78 is 38.2. The molecule has 0 aliphatic carbocycles. The molecule has 1 fully saturated rings. The Balaban J connectivity index is 2.24. The molecule has 1 aromatic carbocycles. The number of alkyl halides is 3. The predicted octanol–water partition coefficient (Wildman–Crippen LogP) is 3.27. The number of halogens is 4. The molecule has 0 N–H and O–H groups in total. The van der Waals surface area contributed by atoms with E-state index in [-0.39, 0.29) is 5.02 Å². The second-order valence-electron chi connectivity index (χ2n) is 4.27. The largest absolute Gasteiger partial charge is 0.417 e. The van der Waals surface area contributed by atoms with Crippen molar-refractivity contribution in [3.05, 3.63) is 35.8 Å². The highest BCUT2D eigenvalue weighted by atomic mass is 35.5. The smallest absolute Gasteiger partial charge is 0.369 e. The predicted molar refractivity (Wildman–Crippen MR) is 65.6 cm³/mol. The maximum absolute atomic E-state index is 12.7. The van der Waals surface area contributed by atoms with Crippen LogP contribution in [0.4, 0.5) is 18.9 Å². The Bertz CT molecular complexity index is 426. The summed E-state index contributed by atoms with van der Waals surface area (Å²) in [5.41, 5.74) is -0.224. The number of hydrogen-bond donors (Lipinski definition) is 0. The molecule has 18 heavy (non-hydrogen) atoms. The van der Waals surface area contributed by atoms with Crippen LogP contribution in [-0.4, -0.2) is 31.1 Å². The highest BCUT2D eigenvalue weighted by molar-refractivity contribution is 6.31. The zero-order valence-corrected chi connectivity index (χ0v) is 10.4. The summed E-state index contributed by atoms with van der Waals surface area (Å²) >= 11 is 5.59. The third kappa shape index (κ3) is 2.90. The van der Waals surface area contributed by atoms with Crippen LogP contribution in [0.15, 0.2) is 18.2 Å². The minimum atomic E-state index is -4.42. The van der Waals surface area contributed by atoms with Crippen LogP contribution in [0.25, 0.3) is 0 Å². The van der Waals surface area contributed by atoms with E-state index in [1.54, 1.807) is 6.07 Å². The Labute approximate surface area is 109 Å². The number of anilines is 1. The third-order valence-corrected chi connectivity index (χ3v) is 3.32. The fraction of sp³-hybridized carbons (Fsp3) is 0.417. The molecule has 1 aromatic rings. The Morgan fingerprint density at radius 3 is 2.28 bits per heavy atom. The van der Waals surface area contributed by atoms with Crippen molar-refractivity contribution in [1.82, 2.24) is 4.90 Å². The van der Waals surface area contributed by atoms with Crippen molar-refractivity contribution >= 4 is 17.3 Å². The normalized spacial score (nSPS) is 18.2. The van der Waals surface area contributed by atoms with Gasteiger partial charge in [-0.2, -0.15) is 13.2 Å². The van der Waals surface area contributed by atoms with Gasteiger partial charge in [0.1, 0.15) is 0 Å². The van der Waals surface area contributed by atoms with Crippen molar-refractivity contribution < 1.29 is 13.2 Å². The molecular formula is C12H13ClF3N2. The van der Waals surface area contributed by atoms with E-state index in [9.17, 15) is 13.2 Å². The second kappa shape index (κ2) is 4.97. The lowest BCUT2D eigenvalue weighted by Crippen LogP contribution is -2.43. The molecule has 2 nitrogen and oxygen atoms in total. The molecule has 6 heteroatoms. The van der Waals surface area contributed by atoms with E-state index in [1.165, 1.54) is 6.07 Å². The fourth-order valence-corrected chi connectivity index (χ4v) is 2.16. The lowest BCUT2D eigenvalue weighted by Gasteiger charge is -2.34. The first kappa shape index (κ1) is 13.5. The number of benzene rings is 1. The van der Waals surface area contributed by atoms with Gasteiger partial charge in [0.25, 0.3) is 0 Å². The Hall–Kier alpha value is -0.940. The van der Waals surface area contributed by atoms with Crippen molar-refractivity contribution in [1.29, 1.82) is 0 Å². The van der Waals surface area contributed by atoms with E-state index in [1.807, 2.05) is 9.80 Å². The summed E-state index contributed by atoms with van der Waals surface area (Å²) in [6.45, 7) is 2.82. The summed E-state index contributed by atoms with van der Waals surface area (Å²) in [4.78, 5) is 3.81. The van der Waals surface area contributed by atoms with Gasteiger partial charge in [-0.1, -0.05) is 11.6 Å². The minimum absolute atomic E-state index is 0.262. The fourth-order valence-electron chi connectivity index (χ4n) is 1.93. The highest BCUT2D eigenvalue weighted by Gasteiger charge is 2.33. The molecular weight excluding hydrogens is 265 g/mol. The number of nitrogens with zero attached hydrogens (tertiary/aromatic N) is 2. The van der Waals surface area contributed by atoms with Gasteiger partial charge in [-0.25, -0.2) is 0 Å². The quantitative estimate of drug-likeness (QED) is 0.777. The molecule has 0 bridgehead atoms. The molecule has 0 amide bonds. The monoisotopic (exact) mass is 277 g/mol. The molecule has 0 aromatic heterocycles. The van der Waals surface area contributed by atoms with Crippen LogP contribution >= 0.6 is 11.6 Å². The Morgan fingerprint density at radius 1 is 1.11 bits per heavy atom. The standard InChI is InChI=1S/C12H13ClF3N2/c1-17-4-6-18(7-5-17)9-2-3-11(13)10(8-9)12(14,15)16/h2-3,8H,1,4-7H2. The van der Waals surface area contributed by atoms with Gasteiger partial charge in [-0.3, -0.25) is 4.90 Å². The summed E-state index contributed by atoms with van der Waals surface area (Å²) in [6, 6.07) is 4.04. The summed E-state index contributed by atoms with van der Waals surface area (Å²) in [5.74, 6) is 0. The third-order valence-electron chi connectivity index (χ3n) is 2.99. The Morgan fingerprint density at radius 2 is 1.72 bits per heavy atom. The van der Waals surface area contributed by atoms with Crippen molar-refractivity contribution in [3.8, 4) is 0 Å². The minimum Gasteiger partial charge on any atom is -0.369 e. The summed E-state index contributed by atoms with van der Waals surface area (Å²) in [6.07, 6.45) is -4.42. The maximum atomic E-state index is 12.7. The summed E-state index contributed by atoms with van der Waals surface area (Å²) in [5, 5.41) is -0.262. The van der Waals surface area contributed by atoms with Crippen LogP contribution in [0, 0.1) is 7.05 Å². The molecule has 0 atom stereocenters. The molecule has 99 valence electrons. The molecule has 1 aliphatic heterocycles. The van der Waals surface area contributed by atoms with Crippen LogP contribution in [0.3, 0.4) is 0 Å². The number of piperazine rings is 1. The van der Waals surface area contributed by atoms with Crippen molar-refractivity contribution in [2.24, 2.45) is 0 Å². The number of hydrogen-bond acceptors (Lipinski definition) is 2. The van der Waals surface area contributed by atoms with E-state index in [0.29, 0.717) is 18.8 Å². The lowest BCUT2D eigenvalue weighted by molar-refractivity contribution is -0.137. The maximum Gasteiger partial charge on any atom is 0.417 e. The van der Waals surface area contributed by atoms with Gasteiger partial charge in [0.2, 0.25) is 0 Å². The molecule has 1 saturated heterocycles. The van der Waals surface area contributed by atoms with Gasteiger partial charge in [0, 0.05) is 38.9 Å². The van der Waals surface area contributed by atoms with E-state index in [4.69, 9.17) is 11.6 Å². The first-order valence-electron chi connectivity index (χ1n) is 5.55. The molecule has 2 rings (SSSR count). The van der Waals surface area contributed by atoms with Crippen LogP contribution in [0.5, 0.6) is 0 Å². The molecule has 0 spiro atoms. The Kier molecular flexibility index (Phi) is 3.73. The van der Waals surface area contributed by atoms with E-state index in [2.05, 4.69) is 7.05 Å². The van der Waals surface area contributed by atoms with Gasteiger partial charge in [-0.05, 0) is 18.2 Å². The van der Waals surface area contributed by atoms with E-state index < -0.39 is 11.7 Å². The van der Waals surface area contributed by atoms with Crippen molar-refractivity contribution in [3.63, 3.8) is 0 Å². The second-order valence-corrected chi connectivity index (χ2v) is 4.67. The molecule has 0 saturated carbocycles. The van der Waals surface area contributed by atoms with Crippen LogP contribution in [0.2, 0.25) is 5.02 Å². The topological polar surface area (TPSA) is 6.48 Å². The van der Waals surface area contributed by atoms with Crippen molar-refractivity contribution in [2.45, 2.75) is 6.18 Å². The van der Waals surface area contributed by atoms with Crippen LogP contribution in [0.1, 0.15) is 5.56 Å². The van der Waals surface area contributed by atoms with E-state index >= 15 is 0 Å². The van der Waals surface area contributed by atoms with Crippen LogP contribution in [-0.2, 0) is 6.18 Å². The average Bonchev–Trinajstić information content (AvgIpc) is 2.29. The highest BCUT2D eigenvalue weighted by Crippen LogP contribution is 2.37. The number of rotatable bonds is 1. The van der Waals surface area contributed by atoms with Crippen LogP contribution < -0.4 is 4.90 Å². The first-order chi connectivity index (χ1) is 8.38. The zero-order chi connectivity index (χ0) is 13.3. The van der Waals surface area contributed by atoms with Crippen molar-refractivity contribution in [2.75, 3.05) is 31.1 Å². The average molecular weight is 278 g/mol. The SMILES string of the molecule is [CH2]N1CCN(c2ccc(Cl)c(C(F)(F)F)c2)CC1. The zero-order valence-electron chi connectivity index (χ0n) is 9.67. The molecule has 1 radical (unpaired) electrons. The lowest BCUT2D eigenvalue weighted by atomic mass is 10.1.